The first kappa shape index (κ1) is 16.6. The van der Waals surface area contributed by atoms with Gasteiger partial charge in [0.1, 0.15) is 6.33 Å². The van der Waals surface area contributed by atoms with Crippen LogP contribution in [0.3, 0.4) is 0 Å². The third kappa shape index (κ3) is 4.60. The molecule has 1 atom stereocenters. The van der Waals surface area contributed by atoms with E-state index in [0.717, 1.165) is 11.8 Å². The topological polar surface area (TPSA) is 85.8 Å². The molecule has 0 aliphatic heterocycles. The van der Waals surface area contributed by atoms with Gasteiger partial charge in [0.15, 0.2) is 0 Å². The predicted molar refractivity (Wildman–Crippen MR) is 82.4 cm³/mol. The molecule has 2 aromatic rings. The smallest absolute Gasteiger partial charge is 0.288 e. The lowest BCUT2D eigenvalue weighted by atomic mass is 10.3. The number of benzene rings is 1. The second-order valence-electron chi connectivity index (χ2n) is 4.17. The summed E-state index contributed by atoms with van der Waals surface area (Å²) in [4.78, 5) is 12.5. The van der Waals surface area contributed by atoms with Crippen LogP contribution in [-0.2, 0) is 4.79 Å². The van der Waals surface area contributed by atoms with Crippen LogP contribution in [0.4, 0.5) is 14.5 Å². The van der Waals surface area contributed by atoms with Crippen molar-refractivity contribution < 1.29 is 13.6 Å². The second kappa shape index (κ2) is 7.45. The number of amides is 1. The van der Waals surface area contributed by atoms with Crippen molar-refractivity contribution in [3.8, 4) is 0 Å². The lowest BCUT2D eigenvalue weighted by molar-refractivity contribution is -0.115. The summed E-state index contributed by atoms with van der Waals surface area (Å²) in [5.74, 6) is 2.86. The highest BCUT2D eigenvalue weighted by atomic mass is 32.2. The van der Waals surface area contributed by atoms with E-state index in [0.29, 0.717) is 27.5 Å². The van der Waals surface area contributed by atoms with Gasteiger partial charge >= 0.3 is 0 Å². The molecule has 3 N–H and O–H groups in total. The van der Waals surface area contributed by atoms with Gasteiger partial charge in [-0.3, -0.25) is 4.79 Å². The van der Waals surface area contributed by atoms with Gasteiger partial charge in [-0.1, -0.05) is 23.5 Å². The molecule has 0 saturated heterocycles. The summed E-state index contributed by atoms with van der Waals surface area (Å²) < 4.78 is 25.7. The van der Waals surface area contributed by atoms with Gasteiger partial charge in [0, 0.05) is 10.6 Å². The van der Waals surface area contributed by atoms with Gasteiger partial charge in [0.2, 0.25) is 11.1 Å². The molecular formula is C12H13F2N5OS2. The van der Waals surface area contributed by atoms with Crippen LogP contribution in [0, 0.1) is 0 Å². The molecule has 6 nitrogen and oxygen atoms in total. The molecule has 2 rings (SSSR count). The maximum atomic E-state index is 12.2. The quantitative estimate of drug-likeness (QED) is 0.618. The summed E-state index contributed by atoms with van der Waals surface area (Å²) in [5, 5.41) is 10.1. The number of carbonyl (C=O) groups is 1. The summed E-state index contributed by atoms with van der Waals surface area (Å²) in [7, 11) is 0. The standard InChI is InChI=1S/C12H13F2N5OS2/c1-7(21-12-18-16-6-19(12)15)10(20)17-8-2-4-9(5-3-8)22-11(13)14/h2-7,11H,15H2,1H3,(H,17,20)/t7-/m1/s1. The number of nitrogen functional groups attached to an aromatic ring is 1. The lowest BCUT2D eigenvalue weighted by Gasteiger charge is -2.11. The van der Waals surface area contributed by atoms with Crippen LogP contribution in [0.25, 0.3) is 0 Å². The van der Waals surface area contributed by atoms with Gasteiger partial charge < -0.3 is 11.2 Å². The van der Waals surface area contributed by atoms with Crippen molar-refractivity contribution in [2.75, 3.05) is 11.2 Å². The van der Waals surface area contributed by atoms with Gasteiger partial charge in [-0.15, -0.1) is 10.2 Å². The van der Waals surface area contributed by atoms with Crippen molar-refractivity contribution >= 4 is 35.1 Å². The van der Waals surface area contributed by atoms with Crippen LogP contribution in [0.2, 0.25) is 0 Å². The largest absolute Gasteiger partial charge is 0.336 e. The molecule has 0 radical (unpaired) electrons. The van der Waals surface area contributed by atoms with E-state index >= 15 is 0 Å². The minimum Gasteiger partial charge on any atom is -0.336 e. The number of halogens is 2. The first-order valence-electron chi connectivity index (χ1n) is 6.13. The van der Waals surface area contributed by atoms with E-state index in [2.05, 4.69) is 15.5 Å². The number of carbonyl (C=O) groups excluding carboxylic acids is 1. The number of nitrogens with two attached hydrogens (primary N) is 1. The van der Waals surface area contributed by atoms with E-state index in [-0.39, 0.29) is 5.91 Å². The van der Waals surface area contributed by atoms with Gasteiger partial charge in [0.05, 0.1) is 5.25 Å². The van der Waals surface area contributed by atoms with Crippen LogP contribution in [0.1, 0.15) is 6.92 Å². The minimum atomic E-state index is -2.47. The number of nitrogens with zero attached hydrogens (tertiary/aromatic N) is 3. The monoisotopic (exact) mass is 345 g/mol. The van der Waals surface area contributed by atoms with Gasteiger partial charge in [-0.25, -0.2) is 4.68 Å². The zero-order valence-electron chi connectivity index (χ0n) is 11.4. The van der Waals surface area contributed by atoms with Crippen molar-refractivity contribution in [1.82, 2.24) is 14.9 Å². The Kier molecular flexibility index (Phi) is 5.61. The van der Waals surface area contributed by atoms with E-state index in [9.17, 15) is 13.6 Å². The van der Waals surface area contributed by atoms with Crippen molar-refractivity contribution in [1.29, 1.82) is 0 Å². The third-order valence-corrected chi connectivity index (χ3v) is 4.33. The number of hydrogen-bond acceptors (Lipinski definition) is 6. The molecule has 1 aromatic carbocycles. The van der Waals surface area contributed by atoms with E-state index in [4.69, 9.17) is 5.84 Å². The summed E-state index contributed by atoms with van der Waals surface area (Å²) in [6, 6.07) is 6.21. The fourth-order valence-corrected chi connectivity index (χ4v) is 2.74. The van der Waals surface area contributed by atoms with Crippen LogP contribution in [0.5, 0.6) is 0 Å². The highest BCUT2D eigenvalue weighted by Crippen LogP contribution is 2.26. The van der Waals surface area contributed by atoms with E-state index in [1.165, 1.54) is 23.1 Å². The molecule has 0 fully saturated rings. The molecule has 1 aromatic heterocycles. The highest BCUT2D eigenvalue weighted by Gasteiger charge is 2.17. The fraction of sp³-hybridized carbons (Fsp3) is 0.250. The number of rotatable bonds is 6. The number of thioether (sulfide) groups is 2. The molecule has 0 bridgehead atoms. The van der Waals surface area contributed by atoms with Gasteiger partial charge in [0.25, 0.3) is 5.76 Å². The second-order valence-corrected chi connectivity index (χ2v) is 6.54. The number of alkyl halides is 2. The maximum absolute atomic E-state index is 12.2. The molecule has 0 aliphatic rings. The highest BCUT2D eigenvalue weighted by molar-refractivity contribution is 8.00. The summed E-state index contributed by atoms with van der Waals surface area (Å²) in [6.07, 6.45) is 1.34. The zero-order valence-corrected chi connectivity index (χ0v) is 13.1. The Morgan fingerprint density at radius 1 is 1.32 bits per heavy atom. The average molecular weight is 345 g/mol. The minimum absolute atomic E-state index is 0.248. The average Bonchev–Trinajstić information content (AvgIpc) is 2.86. The molecule has 0 saturated carbocycles. The molecular weight excluding hydrogens is 332 g/mol. The molecule has 0 unspecified atom stereocenters. The summed E-state index contributed by atoms with van der Waals surface area (Å²) in [6.45, 7) is 1.70. The van der Waals surface area contributed by atoms with Crippen LogP contribution >= 0.6 is 23.5 Å². The summed E-state index contributed by atoms with van der Waals surface area (Å²) >= 11 is 1.62. The Balaban J connectivity index is 1.92. The Morgan fingerprint density at radius 2 is 2.00 bits per heavy atom. The van der Waals surface area contributed by atoms with Crippen LogP contribution in [0.15, 0.2) is 40.6 Å². The molecule has 118 valence electrons. The van der Waals surface area contributed by atoms with Crippen LogP contribution in [-0.4, -0.2) is 31.8 Å². The Hall–Kier alpha value is -1.81. The van der Waals surface area contributed by atoms with Crippen molar-refractivity contribution in [2.45, 2.75) is 28.0 Å². The number of nitrogens with one attached hydrogen (secondary N) is 1. The van der Waals surface area contributed by atoms with E-state index in [1.807, 2.05) is 0 Å². The Labute approximate surface area is 133 Å². The van der Waals surface area contributed by atoms with Crippen molar-refractivity contribution in [3.63, 3.8) is 0 Å². The fourth-order valence-electron chi connectivity index (χ4n) is 1.49. The molecule has 22 heavy (non-hydrogen) atoms. The molecule has 1 amide bonds. The Morgan fingerprint density at radius 3 is 2.55 bits per heavy atom. The van der Waals surface area contributed by atoms with Crippen molar-refractivity contribution in [2.24, 2.45) is 0 Å². The lowest BCUT2D eigenvalue weighted by Crippen LogP contribution is -2.23. The first-order valence-corrected chi connectivity index (χ1v) is 7.89. The molecule has 0 aliphatic carbocycles. The number of anilines is 1. The third-order valence-electron chi connectivity index (χ3n) is 2.54. The number of hydrogen-bond donors (Lipinski definition) is 2. The first-order chi connectivity index (χ1) is 10.5. The summed E-state index contributed by atoms with van der Waals surface area (Å²) in [5.41, 5.74) is 0.533. The number of aromatic nitrogens is 3. The van der Waals surface area contributed by atoms with Crippen LogP contribution < -0.4 is 11.2 Å². The Bertz CT molecular complexity index is 635. The molecule has 10 heteroatoms. The zero-order chi connectivity index (χ0) is 16.1. The van der Waals surface area contributed by atoms with Crippen molar-refractivity contribution in [3.05, 3.63) is 30.6 Å². The normalized spacial score (nSPS) is 12.4. The SMILES string of the molecule is C[C@@H](Sc1nncn1N)C(=O)Nc1ccc(SC(F)F)cc1. The van der Waals surface area contributed by atoms with E-state index in [1.54, 1.807) is 19.1 Å². The van der Waals surface area contributed by atoms with E-state index < -0.39 is 11.0 Å². The predicted octanol–water partition coefficient (Wildman–Crippen LogP) is 2.43. The van der Waals surface area contributed by atoms with Gasteiger partial charge in [-0.05, 0) is 31.2 Å². The van der Waals surface area contributed by atoms with Gasteiger partial charge in [-0.2, -0.15) is 8.78 Å². The molecule has 1 heterocycles. The maximum Gasteiger partial charge on any atom is 0.288 e. The molecule has 0 spiro atoms.